The maximum absolute atomic E-state index is 14.5. The van der Waals surface area contributed by atoms with Crippen LogP contribution in [0.1, 0.15) is 96.1 Å². The van der Waals surface area contributed by atoms with Crippen LogP contribution >= 0.6 is 0 Å². The van der Waals surface area contributed by atoms with Crippen molar-refractivity contribution in [2.45, 2.75) is 133 Å². The second-order valence-electron chi connectivity index (χ2n) is 17.3. The second kappa shape index (κ2) is 16.7. The molecule has 0 radical (unpaired) electrons. The van der Waals surface area contributed by atoms with Gasteiger partial charge >= 0.3 is 6.09 Å². The Balaban J connectivity index is 1.07. The number of amides is 5. The van der Waals surface area contributed by atoms with Crippen LogP contribution in [0.4, 0.5) is 4.79 Å². The molecule has 2 saturated carbocycles. The summed E-state index contributed by atoms with van der Waals surface area (Å²) in [6.07, 6.45) is 11.1. The Hall–Kier alpha value is -4.93. The van der Waals surface area contributed by atoms with Gasteiger partial charge < -0.3 is 29.9 Å². The summed E-state index contributed by atoms with van der Waals surface area (Å²) in [5, 5.41) is 9.19. The van der Waals surface area contributed by atoms with E-state index in [0.29, 0.717) is 64.1 Å². The van der Waals surface area contributed by atoms with E-state index in [2.05, 4.69) is 20.5 Å². The van der Waals surface area contributed by atoms with E-state index < -0.39 is 74.1 Å². The van der Waals surface area contributed by atoms with E-state index >= 15 is 0 Å². The van der Waals surface area contributed by atoms with Gasteiger partial charge in [0.1, 0.15) is 35.6 Å². The van der Waals surface area contributed by atoms with Crippen LogP contribution in [0.5, 0.6) is 5.75 Å². The Bertz CT molecular complexity index is 2030. The molecule has 0 bridgehead atoms. The number of nitrogens with zero attached hydrogens (tertiary/aromatic N) is 4. The Kier molecular flexibility index (Phi) is 11.9. The average molecular weight is 822 g/mol. The van der Waals surface area contributed by atoms with Crippen LogP contribution in [-0.2, 0) is 53.6 Å². The summed E-state index contributed by atoms with van der Waals surface area (Å²) < 4.78 is 41.2. The number of alkyl carbamates (subject to hydrolysis) is 1. The van der Waals surface area contributed by atoms with Crippen molar-refractivity contribution in [3.05, 3.63) is 59.9 Å². The van der Waals surface area contributed by atoms with E-state index in [1.54, 1.807) is 36.5 Å². The van der Waals surface area contributed by atoms with Crippen molar-refractivity contribution in [1.82, 2.24) is 34.9 Å². The molecule has 2 aromatic rings. The largest absolute Gasteiger partial charge is 0.492 e. The van der Waals surface area contributed by atoms with Gasteiger partial charge in [-0.15, -0.1) is 0 Å². The van der Waals surface area contributed by atoms with E-state index in [0.717, 1.165) is 24.0 Å². The molecule has 0 spiro atoms. The van der Waals surface area contributed by atoms with Crippen molar-refractivity contribution in [3.8, 4) is 5.75 Å². The fourth-order valence-electron chi connectivity index (χ4n) is 8.19. The molecule has 2 aliphatic carbocycles. The summed E-state index contributed by atoms with van der Waals surface area (Å²) in [5.74, 6) is -2.16. The standard InChI is InChI=1S/C41H55N7O9S/c1-40(2,3)57-39(53)43-33-11-8-6-4-5-7-10-30-23-41(30,38(52)45-58(54,55)32-14-15-32)44-36(50)34-20-27(24-48(34)37(33)51)21-35(49)46-25-28-12-13-31(22-29(28)26-46)56-19-18-47-17-9-16-42-47/h7,9-10,12-13,16-17,22,27,30,32-34H,4-6,8,11,14-15,18-21,23-26H2,1-3H3,(H,43,53)(H,44,50)(H,45,52)/b10-7-/t27-,30+,33-,34?,41+/m0/s1. The van der Waals surface area contributed by atoms with Gasteiger partial charge in [0.05, 0.1) is 11.8 Å². The highest BCUT2D eigenvalue weighted by Crippen LogP contribution is 2.46. The topological polar surface area (TPSA) is 198 Å². The van der Waals surface area contributed by atoms with Gasteiger partial charge in [0.2, 0.25) is 27.7 Å². The summed E-state index contributed by atoms with van der Waals surface area (Å²) in [7, 11) is -3.90. The van der Waals surface area contributed by atoms with Crippen molar-refractivity contribution in [2.24, 2.45) is 11.8 Å². The smallest absolute Gasteiger partial charge is 0.408 e. The lowest BCUT2D eigenvalue weighted by Gasteiger charge is -2.30. The predicted octanol–water partition coefficient (Wildman–Crippen LogP) is 3.31. The first kappa shape index (κ1) is 41.2. The number of hydrogen-bond donors (Lipinski definition) is 3. The van der Waals surface area contributed by atoms with E-state index in [9.17, 15) is 32.4 Å². The first-order chi connectivity index (χ1) is 27.6. The molecule has 5 aliphatic rings. The number of rotatable bonds is 10. The highest BCUT2D eigenvalue weighted by Gasteiger charge is 2.62. The summed E-state index contributed by atoms with van der Waals surface area (Å²) in [6, 6.07) is 5.57. The molecule has 1 aromatic heterocycles. The van der Waals surface area contributed by atoms with Crippen LogP contribution in [-0.4, -0.2) is 99.3 Å². The molecule has 4 heterocycles. The molecule has 3 N–H and O–H groups in total. The lowest BCUT2D eigenvalue weighted by molar-refractivity contribution is -0.141. The number of hydrogen-bond acceptors (Lipinski definition) is 10. The maximum Gasteiger partial charge on any atom is 0.408 e. The molecule has 314 valence electrons. The molecule has 3 aliphatic heterocycles. The van der Waals surface area contributed by atoms with Crippen LogP contribution in [0, 0.1) is 11.8 Å². The van der Waals surface area contributed by atoms with Gasteiger partial charge in [0, 0.05) is 44.4 Å². The minimum absolute atomic E-state index is 0.0650. The molecule has 5 amide bonds. The van der Waals surface area contributed by atoms with Gasteiger partial charge in [0.15, 0.2) is 0 Å². The third-order valence-corrected chi connectivity index (χ3v) is 13.3. The Morgan fingerprint density at radius 1 is 1.05 bits per heavy atom. The number of fused-ring (bicyclic) bond motifs is 3. The molecule has 1 saturated heterocycles. The van der Waals surface area contributed by atoms with Crippen LogP contribution in [0.3, 0.4) is 0 Å². The third kappa shape index (κ3) is 9.84. The van der Waals surface area contributed by atoms with Gasteiger partial charge in [-0.2, -0.15) is 5.10 Å². The van der Waals surface area contributed by atoms with Crippen LogP contribution in [0.25, 0.3) is 0 Å². The van der Waals surface area contributed by atoms with Crippen molar-refractivity contribution in [1.29, 1.82) is 0 Å². The average Bonchev–Trinajstić information content (AvgIpc) is 3.94. The molecule has 17 heteroatoms. The zero-order valence-corrected chi connectivity index (χ0v) is 34.3. The third-order valence-electron chi connectivity index (χ3n) is 11.5. The van der Waals surface area contributed by atoms with E-state index in [1.165, 1.54) is 4.90 Å². The van der Waals surface area contributed by atoms with Gasteiger partial charge in [-0.25, -0.2) is 13.2 Å². The fraction of sp³-hybridized carbons (Fsp3) is 0.610. The van der Waals surface area contributed by atoms with Crippen molar-refractivity contribution >= 4 is 39.7 Å². The molecule has 3 fully saturated rings. The van der Waals surface area contributed by atoms with Crippen LogP contribution in [0.15, 0.2) is 48.8 Å². The number of nitrogens with one attached hydrogen (secondary N) is 3. The van der Waals surface area contributed by atoms with Crippen LogP contribution < -0.4 is 20.1 Å². The maximum atomic E-state index is 14.5. The molecular weight excluding hydrogens is 767 g/mol. The summed E-state index contributed by atoms with van der Waals surface area (Å²) in [6.45, 7) is 7.09. The van der Waals surface area contributed by atoms with Crippen molar-refractivity contribution in [3.63, 3.8) is 0 Å². The highest BCUT2D eigenvalue weighted by atomic mass is 32.2. The zero-order valence-electron chi connectivity index (χ0n) is 33.5. The number of aromatic nitrogens is 2. The Morgan fingerprint density at radius 2 is 1.84 bits per heavy atom. The molecule has 7 rings (SSSR count). The molecule has 16 nitrogen and oxygen atoms in total. The van der Waals surface area contributed by atoms with Crippen LogP contribution in [0.2, 0.25) is 0 Å². The second-order valence-corrected chi connectivity index (χ2v) is 19.3. The van der Waals surface area contributed by atoms with Gasteiger partial charge in [-0.1, -0.05) is 31.1 Å². The molecule has 1 aromatic carbocycles. The quantitative estimate of drug-likeness (QED) is 0.299. The van der Waals surface area contributed by atoms with Crippen molar-refractivity contribution in [2.75, 3.05) is 13.2 Å². The first-order valence-electron chi connectivity index (χ1n) is 20.4. The number of ether oxygens (including phenoxy) is 2. The van der Waals surface area contributed by atoms with E-state index in [-0.39, 0.29) is 31.7 Å². The number of benzene rings is 1. The lowest BCUT2D eigenvalue weighted by atomic mass is 10.00. The molecule has 1 unspecified atom stereocenters. The lowest BCUT2D eigenvalue weighted by Crippen LogP contribution is -2.58. The Morgan fingerprint density at radius 3 is 2.59 bits per heavy atom. The summed E-state index contributed by atoms with van der Waals surface area (Å²) >= 11 is 0. The zero-order chi connectivity index (χ0) is 41.2. The fourth-order valence-corrected chi connectivity index (χ4v) is 9.55. The van der Waals surface area contributed by atoms with Gasteiger partial charge in [0.25, 0.3) is 5.91 Å². The first-order valence-corrected chi connectivity index (χ1v) is 22.0. The minimum Gasteiger partial charge on any atom is -0.492 e. The number of sulfonamides is 1. The summed E-state index contributed by atoms with van der Waals surface area (Å²) in [5.41, 5.74) is -0.323. The molecular formula is C41H55N7O9S. The Labute approximate surface area is 339 Å². The van der Waals surface area contributed by atoms with Gasteiger partial charge in [-0.3, -0.25) is 28.6 Å². The number of carbonyl (C=O) groups excluding carboxylic acids is 5. The summed E-state index contributed by atoms with van der Waals surface area (Å²) in [4.78, 5) is 72.7. The van der Waals surface area contributed by atoms with Gasteiger partial charge in [-0.05, 0) is 101 Å². The normalized spacial score (nSPS) is 26.9. The monoisotopic (exact) mass is 821 g/mol. The molecule has 5 atom stereocenters. The SMILES string of the molecule is CC(C)(C)OC(=O)N[C@H]1CCCCC/C=C\[C@@H]2C[C@@]2(C(=O)NS(=O)(=O)C2CC2)NC(=O)C2C[C@@H](CC(=O)N3Cc4ccc(OCCn5cccn5)cc4C3)CN2C1=O. The van der Waals surface area contributed by atoms with E-state index in [1.807, 2.05) is 42.6 Å². The highest BCUT2D eigenvalue weighted by molar-refractivity contribution is 7.91. The number of allylic oxidation sites excluding steroid dienone is 1. The predicted molar refractivity (Wildman–Crippen MR) is 211 cm³/mol. The van der Waals surface area contributed by atoms with E-state index in [4.69, 9.17) is 9.47 Å². The molecule has 58 heavy (non-hydrogen) atoms. The number of carbonyl (C=O) groups is 5. The van der Waals surface area contributed by atoms with Crippen molar-refractivity contribution < 1.29 is 41.9 Å². The minimum atomic E-state index is -3.90.